The molecule has 0 saturated carbocycles. The lowest BCUT2D eigenvalue weighted by atomic mass is 10.3. The number of thiazole rings is 1. The third-order valence-corrected chi connectivity index (χ3v) is 3.08. The topological polar surface area (TPSA) is 111 Å². The average molecular weight is 256 g/mol. The van der Waals surface area contributed by atoms with Gasteiger partial charge in [0, 0.05) is 18.3 Å². The van der Waals surface area contributed by atoms with Gasteiger partial charge < -0.3 is 16.8 Å². The molecule has 1 heterocycles. The normalized spacial score (nSPS) is 12.1. The molecule has 0 spiro atoms. The van der Waals surface area contributed by atoms with Crippen LogP contribution >= 0.6 is 11.3 Å². The Morgan fingerprint density at radius 2 is 2.29 bits per heavy atom. The summed E-state index contributed by atoms with van der Waals surface area (Å²) in [7, 11) is 0. The first-order chi connectivity index (χ1) is 8.00. The number of aromatic nitrogens is 1. The van der Waals surface area contributed by atoms with Gasteiger partial charge in [-0.05, 0) is 13.3 Å². The molecule has 94 valence electrons. The fourth-order valence-electron chi connectivity index (χ4n) is 1.16. The third-order valence-electron chi connectivity index (χ3n) is 2.03. The molecule has 5 N–H and O–H groups in total. The molecular weight excluding hydrogens is 240 g/mol. The van der Waals surface area contributed by atoms with E-state index in [1.807, 2.05) is 6.92 Å². The third kappa shape index (κ3) is 4.49. The maximum Gasteiger partial charge on any atom is 0.270 e. The first-order valence-electron chi connectivity index (χ1n) is 5.28. The molecule has 1 aromatic heterocycles. The molecule has 1 aromatic rings. The summed E-state index contributed by atoms with van der Waals surface area (Å²) in [5, 5.41) is 5.06. The summed E-state index contributed by atoms with van der Waals surface area (Å²) in [4.78, 5) is 26.2. The predicted octanol–water partition coefficient (Wildman–Crippen LogP) is 0.158. The van der Waals surface area contributed by atoms with Crippen LogP contribution in [0.2, 0.25) is 0 Å². The molecule has 6 nitrogen and oxygen atoms in total. The standard InChI is InChI=1S/C10H16N4O2S/c1-6(11)10-14-7(5-17-10)9(16)13-4-2-3-8(12)15/h5-6H,2-4,11H2,1H3,(H2,12,15)(H,13,16). The number of hydrogen-bond acceptors (Lipinski definition) is 5. The quantitative estimate of drug-likeness (QED) is 0.629. The van der Waals surface area contributed by atoms with E-state index < -0.39 is 0 Å². The van der Waals surface area contributed by atoms with Crippen molar-refractivity contribution in [1.29, 1.82) is 0 Å². The van der Waals surface area contributed by atoms with Gasteiger partial charge >= 0.3 is 0 Å². The maximum absolute atomic E-state index is 11.6. The Hall–Kier alpha value is -1.47. The summed E-state index contributed by atoms with van der Waals surface area (Å²) in [6.45, 7) is 2.22. The van der Waals surface area contributed by atoms with Crippen molar-refractivity contribution in [2.24, 2.45) is 11.5 Å². The number of nitrogens with one attached hydrogen (secondary N) is 1. The van der Waals surface area contributed by atoms with Crippen molar-refractivity contribution < 1.29 is 9.59 Å². The van der Waals surface area contributed by atoms with E-state index in [2.05, 4.69) is 10.3 Å². The number of nitrogens with two attached hydrogens (primary N) is 2. The van der Waals surface area contributed by atoms with E-state index in [-0.39, 0.29) is 24.3 Å². The van der Waals surface area contributed by atoms with Gasteiger partial charge in [0.1, 0.15) is 10.7 Å². The molecule has 0 aliphatic heterocycles. The van der Waals surface area contributed by atoms with Crippen LogP contribution in [0.3, 0.4) is 0 Å². The highest BCUT2D eigenvalue weighted by molar-refractivity contribution is 7.09. The lowest BCUT2D eigenvalue weighted by Gasteiger charge is -2.01. The largest absolute Gasteiger partial charge is 0.370 e. The second-order valence-electron chi connectivity index (χ2n) is 3.69. The van der Waals surface area contributed by atoms with E-state index >= 15 is 0 Å². The molecule has 17 heavy (non-hydrogen) atoms. The number of nitrogens with zero attached hydrogens (tertiary/aromatic N) is 1. The summed E-state index contributed by atoms with van der Waals surface area (Å²) in [5.41, 5.74) is 11.0. The first-order valence-corrected chi connectivity index (χ1v) is 6.16. The molecule has 0 radical (unpaired) electrons. The van der Waals surface area contributed by atoms with Crippen LogP contribution in [0.5, 0.6) is 0 Å². The van der Waals surface area contributed by atoms with Crippen LogP contribution in [0.4, 0.5) is 0 Å². The predicted molar refractivity (Wildman–Crippen MR) is 65.5 cm³/mol. The first kappa shape index (κ1) is 13.6. The van der Waals surface area contributed by atoms with Crippen molar-refractivity contribution in [2.45, 2.75) is 25.8 Å². The van der Waals surface area contributed by atoms with Gasteiger partial charge in [-0.25, -0.2) is 4.98 Å². The Morgan fingerprint density at radius 1 is 1.59 bits per heavy atom. The van der Waals surface area contributed by atoms with E-state index in [1.54, 1.807) is 5.38 Å². The molecular formula is C10H16N4O2S. The lowest BCUT2D eigenvalue weighted by Crippen LogP contribution is -2.26. The van der Waals surface area contributed by atoms with Gasteiger partial charge in [0.05, 0.1) is 6.04 Å². The second kappa shape index (κ2) is 6.31. The number of primary amides is 1. The molecule has 0 aromatic carbocycles. The van der Waals surface area contributed by atoms with Crippen LogP contribution < -0.4 is 16.8 Å². The highest BCUT2D eigenvalue weighted by atomic mass is 32.1. The van der Waals surface area contributed by atoms with E-state index in [0.717, 1.165) is 5.01 Å². The summed E-state index contributed by atoms with van der Waals surface area (Å²) in [6.07, 6.45) is 0.799. The SMILES string of the molecule is CC(N)c1nc(C(=O)NCCCC(N)=O)cs1. The van der Waals surface area contributed by atoms with Crippen LogP contribution in [0.1, 0.15) is 41.3 Å². The van der Waals surface area contributed by atoms with Crippen molar-refractivity contribution >= 4 is 23.2 Å². The number of amides is 2. The number of rotatable bonds is 6. The molecule has 0 aliphatic carbocycles. The summed E-state index contributed by atoms with van der Waals surface area (Å²) < 4.78 is 0. The van der Waals surface area contributed by atoms with Gasteiger partial charge in [-0.1, -0.05) is 0 Å². The molecule has 0 bridgehead atoms. The van der Waals surface area contributed by atoms with Gasteiger partial charge in [0.2, 0.25) is 5.91 Å². The Morgan fingerprint density at radius 3 is 2.82 bits per heavy atom. The van der Waals surface area contributed by atoms with E-state index in [4.69, 9.17) is 11.5 Å². The minimum absolute atomic E-state index is 0.170. The minimum atomic E-state index is -0.368. The monoisotopic (exact) mass is 256 g/mol. The zero-order valence-corrected chi connectivity index (χ0v) is 10.4. The minimum Gasteiger partial charge on any atom is -0.370 e. The van der Waals surface area contributed by atoms with Crippen LogP contribution in [0.25, 0.3) is 0 Å². The van der Waals surface area contributed by atoms with Crippen LogP contribution in [-0.2, 0) is 4.79 Å². The van der Waals surface area contributed by atoms with Gasteiger partial charge in [-0.2, -0.15) is 0 Å². The number of carbonyl (C=O) groups is 2. The summed E-state index contributed by atoms with van der Waals surface area (Å²) >= 11 is 1.36. The molecule has 1 atom stereocenters. The van der Waals surface area contributed by atoms with Crippen LogP contribution in [0.15, 0.2) is 5.38 Å². The maximum atomic E-state index is 11.6. The molecule has 0 saturated heterocycles. The highest BCUT2D eigenvalue weighted by Crippen LogP contribution is 2.15. The Balaban J connectivity index is 2.39. The van der Waals surface area contributed by atoms with Crippen molar-refractivity contribution in [3.63, 3.8) is 0 Å². The van der Waals surface area contributed by atoms with Crippen molar-refractivity contribution in [2.75, 3.05) is 6.54 Å². The molecule has 1 unspecified atom stereocenters. The Labute approximate surface area is 103 Å². The average Bonchev–Trinajstić information content (AvgIpc) is 2.73. The Kier molecular flexibility index (Phi) is 5.05. The van der Waals surface area contributed by atoms with Crippen LogP contribution in [-0.4, -0.2) is 23.3 Å². The molecule has 0 aliphatic rings. The van der Waals surface area contributed by atoms with E-state index in [1.165, 1.54) is 11.3 Å². The van der Waals surface area contributed by atoms with Crippen LogP contribution in [0, 0.1) is 0 Å². The van der Waals surface area contributed by atoms with E-state index in [9.17, 15) is 9.59 Å². The van der Waals surface area contributed by atoms with E-state index in [0.29, 0.717) is 18.7 Å². The van der Waals surface area contributed by atoms with Gasteiger partial charge in [-0.15, -0.1) is 11.3 Å². The van der Waals surface area contributed by atoms with Crippen molar-refractivity contribution in [3.8, 4) is 0 Å². The zero-order valence-electron chi connectivity index (χ0n) is 9.60. The highest BCUT2D eigenvalue weighted by Gasteiger charge is 2.12. The number of carbonyl (C=O) groups excluding carboxylic acids is 2. The Bertz CT molecular complexity index is 403. The van der Waals surface area contributed by atoms with Gasteiger partial charge in [0.15, 0.2) is 0 Å². The fraction of sp³-hybridized carbons (Fsp3) is 0.500. The molecule has 0 fully saturated rings. The van der Waals surface area contributed by atoms with Gasteiger partial charge in [-0.3, -0.25) is 9.59 Å². The van der Waals surface area contributed by atoms with Gasteiger partial charge in [0.25, 0.3) is 5.91 Å². The summed E-state index contributed by atoms with van der Waals surface area (Å²) in [5.74, 6) is -0.621. The molecule has 2 amide bonds. The second-order valence-corrected chi connectivity index (χ2v) is 4.58. The summed E-state index contributed by atoms with van der Waals surface area (Å²) in [6, 6.07) is -0.170. The molecule has 7 heteroatoms. The smallest absolute Gasteiger partial charge is 0.270 e. The lowest BCUT2D eigenvalue weighted by molar-refractivity contribution is -0.118. The fourth-order valence-corrected chi connectivity index (χ4v) is 1.91. The number of hydrogen-bond donors (Lipinski definition) is 3. The van der Waals surface area contributed by atoms with Crippen molar-refractivity contribution in [3.05, 3.63) is 16.1 Å². The zero-order chi connectivity index (χ0) is 12.8. The van der Waals surface area contributed by atoms with Crippen molar-refractivity contribution in [1.82, 2.24) is 10.3 Å². The molecule has 1 rings (SSSR count).